The maximum absolute atomic E-state index is 11.9. The highest BCUT2D eigenvalue weighted by Gasteiger charge is 2.07. The summed E-state index contributed by atoms with van der Waals surface area (Å²) in [6.45, 7) is 1.66. The van der Waals surface area contributed by atoms with Gasteiger partial charge in [-0.25, -0.2) is 5.43 Å². The number of rotatable bonds is 5. The number of halogens is 1. The summed E-state index contributed by atoms with van der Waals surface area (Å²) < 4.78 is 0. The largest absolute Gasteiger partial charge is 0.507 e. The van der Waals surface area contributed by atoms with Crippen LogP contribution in [0, 0.1) is 6.92 Å². The zero-order chi connectivity index (χ0) is 17.5. The Morgan fingerprint density at radius 1 is 1.25 bits per heavy atom. The van der Waals surface area contributed by atoms with E-state index in [0.717, 1.165) is 5.56 Å². The molecule has 2 aromatic rings. The molecular weight excluding hydrogens is 330 g/mol. The number of aryl methyl sites for hydroxylation is 1. The minimum absolute atomic E-state index is 0.00912. The number of carbonyl (C=O) groups is 2. The van der Waals surface area contributed by atoms with Gasteiger partial charge < -0.3 is 10.4 Å². The first-order valence-corrected chi connectivity index (χ1v) is 7.49. The molecule has 124 valence electrons. The van der Waals surface area contributed by atoms with E-state index < -0.39 is 5.91 Å². The van der Waals surface area contributed by atoms with E-state index in [1.165, 1.54) is 24.4 Å². The van der Waals surface area contributed by atoms with Gasteiger partial charge in [0.2, 0.25) is 0 Å². The summed E-state index contributed by atoms with van der Waals surface area (Å²) in [5, 5.41) is 16.3. The lowest BCUT2D eigenvalue weighted by Crippen LogP contribution is -2.34. The molecule has 0 aliphatic carbocycles. The van der Waals surface area contributed by atoms with E-state index in [2.05, 4.69) is 15.8 Å². The maximum Gasteiger partial charge on any atom is 0.259 e. The Morgan fingerprint density at radius 2 is 2.04 bits per heavy atom. The van der Waals surface area contributed by atoms with E-state index in [9.17, 15) is 14.7 Å². The molecule has 0 aromatic heterocycles. The van der Waals surface area contributed by atoms with E-state index in [1.54, 1.807) is 18.2 Å². The predicted molar refractivity (Wildman–Crippen MR) is 92.4 cm³/mol. The third kappa shape index (κ3) is 5.10. The summed E-state index contributed by atoms with van der Waals surface area (Å²) in [5.74, 6) is -0.843. The van der Waals surface area contributed by atoms with Gasteiger partial charge in [0.05, 0.1) is 12.8 Å². The Labute approximate surface area is 144 Å². The number of nitrogens with one attached hydrogen (secondary N) is 2. The number of hydrazone groups is 1. The Balaban J connectivity index is 1.84. The van der Waals surface area contributed by atoms with Gasteiger partial charge in [0.15, 0.2) is 0 Å². The van der Waals surface area contributed by atoms with Gasteiger partial charge in [-0.15, -0.1) is 0 Å². The number of phenols is 1. The van der Waals surface area contributed by atoms with E-state index in [4.69, 9.17) is 11.6 Å². The molecule has 0 atom stereocenters. The standard InChI is InChI=1S/C17H16ClN3O3/c1-11-3-2-4-12(7-11)17(24)19-10-16(23)21-20-9-13-8-14(18)5-6-15(13)22/h2-9,22H,10H2,1H3,(H,19,24)(H,21,23). The second-order valence-electron chi connectivity index (χ2n) is 5.05. The van der Waals surface area contributed by atoms with Crippen LogP contribution < -0.4 is 10.7 Å². The molecule has 3 N–H and O–H groups in total. The Kier molecular flexibility index (Phi) is 5.92. The average Bonchev–Trinajstić information content (AvgIpc) is 2.56. The molecule has 0 spiro atoms. The first kappa shape index (κ1) is 17.5. The van der Waals surface area contributed by atoms with Crippen LogP contribution >= 0.6 is 11.6 Å². The number of benzene rings is 2. The molecule has 2 amide bonds. The highest BCUT2D eigenvalue weighted by atomic mass is 35.5. The summed E-state index contributed by atoms with van der Waals surface area (Å²) in [6, 6.07) is 11.5. The van der Waals surface area contributed by atoms with E-state index in [1.807, 2.05) is 13.0 Å². The molecule has 7 heteroatoms. The fourth-order valence-corrected chi connectivity index (χ4v) is 2.07. The molecular formula is C17H16ClN3O3. The van der Waals surface area contributed by atoms with Crippen molar-refractivity contribution in [3.8, 4) is 5.75 Å². The normalized spacial score (nSPS) is 10.6. The quantitative estimate of drug-likeness (QED) is 0.573. The Hall–Kier alpha value is -2.86. The highest BCUT2D eigenvalue weighted by molar-refractivity contribution is 6.30. The van der Waals surface area contributed by atoms with E-state index in [0.29, 0.717) is 16.1 Å². The lowest BCUT2D eigenvalue weighted by atomic mass is 10.1. The van der Waals surface area contributed by atoms with Gasteiger partial charge in [0.25, 0.3) is 11.8 Å². The van der Waals surface area contributed by atoms with Crippen molar-refractivity contribution in [3.63, 3.8) is 0 Å². The van der Waals surface area contributed by atoms with Crippen LogP contribution in [0.4, 0.5) is 0 Å². The molecule has 24 heavy (non-hydrogen) atoms. The SMILES string of the molecule is Cc1cccc(C(=O)NCC(=O)NN=Cc2cc(Cl)ccc2O)c1. The minimum atomic E-state index is -0.492. The third-order valence-electron chi connectivity index (χ3n) is 3.07. The molecule has 6 nitrogen and oxygen atoms in total. The van der Waals surface area contributed by atoms with Gasteiger partial charge in [-0.2, -0.15) is 5.10 Å². The summed E-state index contributed by atoms with van der Waals surface area (Å²) in [7, 11) is 0. The van der Waals surface area contributed by atoms with Crippen LogP contribution in [0.1, 0.15) is 21.5 Å². The predicted octanol–water partition coefficient (Wildman–Crippen LogP) is 2.23. The monoisotopic (exact) mass is 345 g/mol. The van der Waals surface area contributed by atoms with Crippen LogP contribution in [-0.2, 0) is 4.79 Å². The third-order valence-corrected chi connectivity index (χ3v) is 3.31. The Morgan fingerprint density at radius 3 is 2.79 bits per heavy atom. The summed E-state index contributed by atoms with van der Waals surface area (Å²) in [4.78, 5) is 23.6. The summed E-state index contributed by atoms with van der Waals surface area (Å²) >= 11 is 5.80. The Bertz CT molecular complexity index is 790. The summed E-state index contributed by atoms with van der Waals surface area (Å²) in [6.07, 6.45) is 1.27. The van der Waals surface area contributed by atoms with Gasteiger partial charge in [-0.1, -0.05) is 29.3 Å². The lowest BCUT2D eigenvalue weighted by Gasteiger charge is -2.05. The fraction of sp³-hybridized carbons (Fsp3) is 0.118. The van der Waals surface area contributed by atoms with Gasteiger partial charge in [-0.3, -0.25) is 9.59 Å². The first-order chi connectivity index (χ1) is 11.5. The van der Waals surface area contributed by atoms with Gasteiger partial charge >= 0.3 is 0 Å². The molecule has 0 fully saturated rings. The second-order valence-corrected chi connectivity index (χ2v) is 5.48. The van der Waals surface area contributed by atoms with Crippen LogP contribution in [0.15, 0.2) is 47.6 Å². The van der Waals surface area contributed by atoms with E-state index in [-0.39, 0.29) is 18.2 Å². The van der Waals surface area contributed by atoms with Crippen molar-refractivity contribution in [1.82, 2.24) is 10.7 Å². The molecule has 0 unspecified atom stereocenters. The van der Waals surface area contributed by atoms with Gasteiger partial charge in [-0.05, 0) is 37.3 Å². The van der Waals surface area contributed by atoms with Crippen LogP contribution in [0.2, 0.25) is 5.02 Å². The van der Waals surface area contributed by atoms with Crippen molar-refractivity contribution in [2.75, 3.05) is 6.54 Å². The first-order valence-electron chi connectivity index (χ1n) is 7.11. The molecule has 0 saturated carbocycles. The van der Waals surface area contributed by atoms with E-state index >= 15 is 0 Å². The van der Waals surface area contributed by atoms with Gasteiger partial charge in [0, 0.05) is 16.1 Å². The van der Waals surface area contributed by atoms with Crippen LogP contribution in [0.3, 0.4) is 0 Å². The van der Waals surface area contributed by atoms with Gasteiger partial charge in [0.1, 0.15) is 5.75 Å². The van der Waals surface area contributed by atoms with Crippen LogP contribution in [-0.4, -0.2) is 29.7 Å². The molecule has 0 aliphatic rings. The number of hydrogen-bond acceptors (Lipinski definition) is 4. The molecule has 0 bridgehead atoms. The number of nitrogens with zero attached hydrogens (tertiary/aromatic N) is 1. The smallest absolute Gasteiger partial charge is 0.259 e. The zero-order valence-corrected chi connectivity index (χ0v) is 13.7. The zero-order valence-electron chi connectivity index (χ0n) is 12.9. The second kappa shape index (κ2) is 8.12. The molecule has 0 radical (unpaired) electrons. The van der Waals surface area contributed by atoms with Crippen LogP contribution in [0.25, 0.3) is 0 Å². The number of carbonyl (C=O) groups excluding carboxylic acids is 2. The van der Waals surface area contributed by atoms with Crippen molar-refractivity contribution < 1.29 is 14.7 Å². The fourth-order valence-electron chi connectivity index (χ4n) is 1.89. The topological polar surface area (TPSA) is 90.8 Å². The average molecular weight is 346 g/mol. The molecule has 2 aromatic carbocycles. The van der Waals surface area contributed by atoms with Crippen molar-refractivity contribution >= 4 is 29.6 Å². The number of amides is 2. The molecule has 0 heterocycles. The molecule has 2 rings (SSSR count). The van der Waals surface area contributed by atoms with Crippen LogP contribution in [0.5, 0.6) is 5.75 Å². The number of phenolic OH excluding ortho intramolecular Hbond substituents is 1. The van der Waals surface area contributed by atoms with Crippen molar-refractivity contribution in [1.29, 1.82) is 0 Å². The highest BCUT2D eigenvalue weighted by Crippen LogP contribution is 2.19. The maximum atomic E-state index is 11.9. The molecule has 0 saturated heterocycles. The number of hydrogen-bond donors (Lipinski definition) is 3. The number of aromatic hydroxyl groups is 1. The van der Waals surface area contributed by atoms with Crippen molar-refractivity contribution in [3.05, 3.63) is 64.2 Å². The summed E-state index contributed by atoms with van der Waals surface area (Å²) in [5.41, 5.74) is 4.06. The van der Waals surface area contributed by atoms with Crippen molar-refractivity contribution in [2.45, 2.75) is 6.92 Å². The van der Waals surface area contributed by atoms with Crippen molar-refractivity contribution in [2.24, 2.45) is 5.10 Å². The lowest BCUT2D eigenvalue weighted by molar-refractivity contribution is -0.120. The minimum Gasteiger partial charge on any atom is -0.507 e. The molecule has 0 aliphatic heterocycles.